The van der Waals surface area contributed by atoms with E-state index in [-0.39, 0.29) is 11.6 Å². The average Bonchev–Trinajstić information content (AvgIpc) is 2.84. The summed E-state index contributed by atoms with van der Waals surface area (Å²) < 4.78 is 5.41. The molecule has 0 spiro atoms. The van der Waals surface area contributed by atoms with Crippen molar-refractivity contribution in [1.82, 2.24) is 15.0 Å². The minimum atomic E-state index is -0.452. The van der Waals surface area contributed by atoms with Gasteiger partial charge in [0.1, 0.15) is 0 Å². The van der Waals surface area contributed by atoms with Crippen LogP contribution in [0.2, 0.25) is 0 Å². The topological polar surface area (TPSA) is 131 Å². The molecule has 0 aliphatic carbocycles. The lowest BCUT2D eigenvalue weighted by molar-refractivity contribution is -0.385. The first-order valence-corrected chi connectivity index (χ1v) is 10.1. The first-order valence-electron chi connectivity index (χ1n) is 10.1. The van der Waals surface area contributed by atoms with Gasteiger partial charge >= 0.3 is 0 Å². The van der Waals surface area contributed by atoms with Crippen LogP contribution in [0.15, 0.2) is 59.7 Å². The Morgan fingerprint density at radius 3 is 2.53 bits per heavy atom. The van der Waals surface area contributed by atoms with Gasteiger partial charge in [-0.1, -0.05) is 42.5 Å². The van der Waals surface area contributed by atoms with E-state index < -0.39 is 4.92 Å². The van der Waals surface area contributed by atoms with Crippen LogP contribution in [-0.2, 0) is 11.3 Å². The van der Waals surface area contributed by atoms with Crippen LogP contribution in [-0.4, -0.2) is 52.4 Å². The third-order valence-electron chi connectivity index (χ3n) is 4.71. The standard InChI is InChI=1S/C21H22N8O3/c30-29(31)18-9-5-4-8-17(18)15-23-27-20-24-19(22-14-16-6-2-1-3-7-16)25-21(26-20)28-10-12-32-13-11-28/h1-9,15H,10-14H2,(H2,22,24,25,26,27). The number of ether oxygens (including phenoxy) is 1. The number of para-hydroxylation sites is 1. The van der Waals surface area contributed by atoms with Gasteiger partial charge in [0.15, 0.2) is 0 Å². The van der Waals surface area contributed by atoms with Crippen LogP contribution in [0.4, 0.5) is 23.5 Å². The van der Waals surface area contributed by atoms with Gasteiger partial charge in [-0.25, -0.2) is 5.43 Å². The van der Waals surface area contributed by atoms with E-state index in [1.807, 2.05) is 35.2 Å². The number of nitrogens with zero attached hydrogens (tertiary/aromatic N) is 6. The van der Waals surface area contributed by atoms with Crippen molar-refractivity contribution in [3.05, 3.63) is 75.8 Å². The van der Waals surface area contributed by atoms with Gasteiger partial charge in [-0.2, -0.15) is 20.1 Å². The van der Waals surface area contributed by atoms with Gasteiger partial charge in [0.05, 0.1) is 29.9 Å². The molecule has 0 saturated carbocycles. The Hall–Kier alpha value is -4.12. The van der Waals surface area contributed by atoms with Crippen molar-refractivity contribution < 1.29 is 9.66 Å². The van der Waals surface area contributed by atoms with Gasteiger partial charge in [-0.05, 0) is 11.6 Å². The number of benzene rings is 2. The molecule has 164 valence electrons. The van der Waals surface area contributed by atoms with Crippen LogP contribution in [0.25, 0.3) is 0 Å². The van der Waals surface area contributed by atoms with E-state index in [1.165, 1.54) is 12.3 Å². The largest absolute Gasteiger partial charge is 0.378 e. The van der Waals surface area contributed by atoms with E-state index in [2.05, 4.69) is 30.8 Å². The summed E-state index contributed by atoms with van der Waals surface area (Å²) in [4.78, 5) is 26.1. The quantitative estimate of drug-likeness (QED) is 0.312. The molecule has 0 radical (unpaired) electrons. The molecule has 32 heavy (non-hydrogen) atoms. The number of hydrogen-bond acceptors (Lipinski definition) is 10. The molecule has 1 aliphatic rings. The molecule has 0 atom stereocenters. The zero-order valence-corrected chi connectivity index (χ0v) is 17.2. The first kappa shape index (κ1) is 21.1. The fraction of sp³-hybridized carbons (Fsp3) is 0.238. The highest BCUT2D eigenvalue weighted by atomic mass is 16.6. The number of nitro benzene ring substituents is 1. The second-order valence-electron chi connectivity index (χ2n) is 6.91. The maximum Gasteiger partial charge on any atom is 0.278 e. The zero-order valence-electron chi connectivity index (χ0n) is 17.2. The highest BCUT2D eigenvalue weighted by Gasteiger charge is 2.17. The average molecular weight is 434 g/mol. The lowest BCUT2D eigenvalue weighted by Gasteiger charge is -2.27. The SMILES string of the molecule is O=[N+]([O-])c1ccccc1C=NNc1nc(NCc2ccccc2)nc(N2CCOCC2)n1. The minimum absolute atomic E-state index is 0.0343. The molecule has 2 aromatic carbocycles. The van der Waals surface area contributed by atoms with Crippen molar-refractivity contribution in [2.75, 3.05) is 41.9 Å². The number of anilines is 3. The Bertz CT molecular complexity index is 1090. The van der Waals surface area contributed by atoms with E-state index in [4.69, 9.17) is 4.74 Å². The predicted molar refractivity (Wildman–Crippen MR) is 121 cm³/mol. The summed E-state index contributed by atoms with van der Waals surface area (Å²) >= 11 is 0. The third kappa shape index (κ3) is 5.52. The zero-order chi connectivity index (χ0) is 22.2. The van der Waals surface area contributed by atoms with E-state index in [9.17, 15) is 10.1 Å². The molecule has 0 bridgehead atoms. The van der Waals surface area contributed by atoms with Crippen LogP contribution >= 0.6 is 0 Å². The van der Waals surface area contributed by atoms with Gasteiger partial charge in [0.25, 0.3) is 5.69 Å². The monoisotopic (exact) mass is 434 g/mol. The van der Waals surface area contributed by atoms with Crippen molar-refractivity contribution in [3.8, 4) is 0 Å². The fourth-order valence-corrected chi connectivity index (χ4v) is 3.10. The maximum absolute atomic E-state index is 11.2. The van der Waals surface area contributed by atoms with Crippen LogP contribution in [0, 0.1) is 10.1 Å². The first-order chi connectivity index (χ1) is 15.7. The summed E-state index contributed by atoms with van der Waals surface area (Å²) in [5, 5.41) is 18.5. The van der Waals surface area contributed by atoms with Crippen molar-refractivity contribution in [2.45, 2.75) is 6.54 Å². The van der Waals surface area contributed by atoms with E-state index in [0.29, 0.717) is 50.3 Å². The second kappa shape index (κ2) is 10.3. The van der Waals surface area contributed by atoms with Gasteiger partial charge in [0.2, 0.25) is 17.8 Å². The van der Waals surface area contributed by atoms with Gasteiger partial charge < -0.3 is 15.0 Å². The summed E-state index contributed by atoms with van der Waals surface area (Å²) in [5.74, 6) is 1.13. The number of morpholine rings is 1. The Kier molecular flexibility index (Phi) is 6.78. The number of rotatable bonds is 8. The molecule has 1 saturated heterocycles. The molecular formula is C21H22N8O3. The summed E-state index contributed by atoms with van der Waals surface area (Å²) in [5.41, 5.74) is 4.19. The van der Waals surface area contributed by atoms with Gasteiger partial charge in [0, 0.05) is 25.7 Å². The molecule has 11 nitrogen and oxygen atoms in total. The van der Waals surface area contributed by atoms with Crippen molar-refractivity contribution in [3.63, 3.8) is 0 Å². The highest BCUT2D eigenvalue weighted by molar-refractivity contribution is 5.85. The van der Waals surface area contributed by atoms with Gasteiger partial charge in [-0.15, -0.1) is 0 Å². The van der Waals surface area contributed by atoms with Crippen LogP contribution in [0.3, 0.4) is 0 Å². The molecule has 4 rings (SSSR count). The van der Waals surface area contributed by atoms with E-state index >= 15 is 0 Å². The molecule has 0 unspecified atom stereocenters. The molecule has 2 heterocycles. The minimum Gasteiger partial charge on any atom is -0.378 e. The lowest BCUT2D eigenvalue weighted by Crippen LogP contribution is -2.37. The van der Waals surface area contributed by atoms with Crippen molar-refractivity contribution in [2.24, 2.45) is 5.10 Å². The van der Waals surface area contributed by atoms with Gasteiger partial charge in [-0.3, -0.25) is 10.1 Å². The third-order valence-corrected chi connectivity index (χ3v) is 4.71. The number of aromatic nitrogens is 3. The molecule has 11 heteroatoms. The highest BCUT2D eigenvalue weighted by Crippen LogP contribution is 2.17. The molecule has 1 aliphatic heterocycles. The Morgan fingerprint density at radius 1 is 1.03 bits per heavy atom. The van der Waals surface area contributed by atoms with Crippen LogP contribution in [0.5, 0.6) is 0 Å². The maximum atomic E-state index is 11.2. The second-order valence-corrected chi connectivity index (χ2v) is 6.91. The summed E-state index contributed by atoms with van der Waals surface area (Å²) in [6.07, 6.45) is 1.37. The molecule has 2 N–H and O–H groups in total. The fourth-order valence-electron chi connectivity index (χ4n) is 3.10. The Labute approximate surface area is 184 Å². The number of nitrogens with one attached hydrogen (secondary N) is 2. The van der Waals surface area contributed by atoms with Crippen molar-refractivity contribution >= 4 is 29.7 Å². The Balaban J connectivity index is 1.54. The summed E-state index contributed by atoms with van der Waals surface area (Å²) in [6, 6.07) is 16.3. The lowest BCUT2D eigenvalue weighted by atomic mass is 10.2. The summed E-state index contributed by atoms with van der Waals surface area (Å²) in [6.45, 7) is 3.07. The van der Waals surface area contributed by atoms with E-state index in [1.54, 1.807) is 18.2 Å². The predicted octanol–water partition coefficient (Wildman–Crippen LogP) is 2.67. The number of nitro groups is 1. The van der Waals surface area contributed by atoms with Crippen LogP contribution in [0.1, 0.15) is 11.1 Å². The Morgan fingerprint density at radius 2 is 1.75 bits per heavy atom. The summed E-state index contributed by atoms with van der Waals surface area (Å²) in [7, 11) is 0. The molecule has 1 fully saturated rings. The van der Waals surface area contributed by atoms with Crippen LogP contribution < -0.4 is 15.6 Å². The molecule has 1 aromatic heterocycles. The smallest absolute Gasteiger partial charge is 0.278 e. The number of hydrazone groups is 1. The molecule has 3 aromatic rings. The van der Waals surface area contributed by atoms with Crippen molar-refractivity contribution in [1.29, 1.82) is 0 Å². The molecule has 0 amide bonds. The normalized spacial score (nSPS) is 13.8. The molecular weight excluding hydrogens is 412 g/mol. The van der Waals surface area contributed by atoms with E-state index in [0.717, 1.165) is 5.56 Å². The number of hydrogen-bond donors (Lipinski definition) is 2.